The molecule has 0 radical (unpaired) electrons. The van der Waals surface area contributed by atoms with Crippen LogP contribution in [0.4, 0.5) is 0 Å². The second kappa shape index (κ2) is 7.98. The van der Waals surface area contributed by atoms with Crippen LogP contribution in [0.2, 0.25) is 0 Å². The third kappa shape index (κ3) is 4.01. The molecule has 1 saturated heterocycles. The van der Waals surface area contributed by atoms with Crippen LogP contribution in [0.15, 0.2) is 0 Å². The number of hydrogen-bond donors (Lipinski definition) is 0. The van der Waals surface area contributed by atoms with Gasteiger partial charge in [0, 0.05) is 44.7 Å². The first-order chi connectivity index (χ1) is 12.8. The van der Waals surface area contributed by atoms with Crippen LogP contribution in [0.5, 0.6) is 0 Å². The molecule has 2 amide bonds. The number of fused-ring (bicyclic) bond motifs is 1. The van der Waals surface area contributed by atoms with Crippen LogP contribution in [0, 0.1) is 0 Å². The first-order valence-electron chi connectivity index (χ1n) is 9.78. The maximum atomic E-state index is 13.3. The molecule has 0 unspecified atom stereocenters. The van der Waals surface area contributed by atoms with Gasteiger partial charge in [0.05, 0.1) is 17.9 Å². The van der Waals surface area contributed by atoms with E-state index in [-0.39, 0.29) is 30.6 Å². The number of amides is 2. The molecule has 150 valence electrons. The molecule has 8 heteroatoms. The summed E-state index contributed by atoms with van der Waals surface area (Å²) in [4.78, 5) is 31.4. The van der Waals surface area contributed by atoms with E-state index in [1.165, 1.54) is 0 Å². The van der Waals surface area contributed by atoms with Gasteiger partial charge in [-0.2, -0.15) is 5.10 Å². The summed E-state index contributed by atoms with van der Waals surface area (Å²) >= 11 is 0. The molecule has 0 saturated carbocycles. The van der Waals surface area contributed by atoms with Crippen molar-refractivity contribution in [2.45, 2.75) is 45.9 Å². The Morgan fingerprint density at radius 3 is 2.67 bits per heavy atom. The summed E-state index contributed by atoms with van der Waals surface area (Å²) in [5.74, 6) is -0.0783. The Labute approximate surface area is 161 Å². The van der Waals surface area contributed by atoms with E-state index in [9.17, 15) is 9.59 Å². The van der Waals surface area contributed by atoms with Crippen LogP contribution >= 0.6 is 0 Å². The molecule has 3 rings (SSSR count). The van der Waals surface area contributed by atoms with Gasteiger partial charge in [-0.25, -0.2) is 0 Å². The van der Waals surface area contributed by atoms with Crippen molar-refractivity contribution in [1.82, 2.24) is 24.5 Å². The highest BCUT2D eigenvalue weighted by Gasteiger charge is 2.35. The van der Waals surface area contributed by atoms with E-state index in [2.05, 4.69) is 10.00 Å². The molecule has 0 N–H and O–H groups in total. The minimum atomic E-state index is -0.118. The van der Waals surface area contributed by atoms with E-state index in [0.717, 1.165) is 17.8 Å². The van der Waals surface area contributed by atoms with E-state index in [4.69, 9.17) is 4.74 Å². The van der Waals surface area contributed by atoms with Gasteiger partial charge in [0.2, 0.25) is 5.91 Å². The Hall–Kier alpha value is -1.93. The van der Waals surface area contributed by atoms with Crippen LogP contribution in [-0.2, 0) is 22.5 Å². The first kappa shape index (κ1) is 19.8. The monoisotopic (exact) mass is 377 g/mol. The molecule has 2 aliphatic heterocycles. The van der Waals surface area contributed by atoms with Gasteiger partial charge in [0.15, 0.2) is 0 Å². The van der Waals surface area contributed by atoms with Crippen LogP contribution in [0.3, 0.4) is 0 Å². The Morgan fingerprint density at radius 2 is 2.04 bits per heavy atom. The zero-order valence-electron chi connectivity index (χ0n) is 17.1. The van der Waals surface area contributed by atoms with E-state index < -0.39 is 0 Å². The Balaban J connectivity index is 1.78. The van der Waals surface area contributed by atoms with Gasteiger partial charge < -0.3 is 19.4 Å². The second-order valence-electron chi connectivity index (χ2n) is 7.73. The van der Waals surface area contributed by atoms with Crippen LogP contribution in [0.25, 0.3) is 0 Å². The molecule has 0 spiro atoms. The summed E-state index contributed by atoms with van der Waals surface area (Å²) in [5.41, 5.74) is 2.47. The predicted octanol–water partition coefficient (Wildman–Crippen LogP) is 0.771. The van der Waals surface area contributed by atoms with E-state index in [1.54, 1.807) is 9.58 Å². The number of carbonyl (C=O) groups excluding carboxylic acids is 2. The lowest BCUT2D eigenvalue weighted by Gasteiger charge is -2.35. The first-order valence-corrected chi connectivity index (χ1v) is 9.78. The Bertz CT molecular complexity index is 714. The maximum Gasteiger partial charge on any atom is 0.272 e. The molecular formula is C19H31N5O3. The summed E-state index contributed by atoms with van der Waals surface area (Å²) in [7, 11) is 3.98. The molecule has 8 nitrogen and oxygen atoms in total. The van der Waals surface area contributed by atoms with Gasteiger partial charge in [-0.3, -0.25) is 14.3 Å². The molecule has 3 heterocycles. The van der Waals surface area contributed by atoms with Crippen molar-refractivity contribution in [3.63, 3.8) is 0 Å². The van der Waals surface area contributed by atoms with Crippen molar-refractivity contribution in [3.8, 4) is 0 Å². The normalized spacial score (nSPS) is 23.1. The van der Waals surface area contributed by atoms with Crippen molar-refractivity contribution in [2.75, 3.05) is 46.8 Å². The van der Waals surface area contributed by atoms with Crippen molar-refractivity contribution < 1.29 is 14.3 Å². The van der Waals surface area contributed by atoms with E-state index in [1.807, 2.05) is 39.8 Å². The largest absolute Gasteiger partial charge is 0.369 e. The zero-order chi connectivity index (χ0) is 19.7. The third-order valence-electron chi connectivity index (χ3n) is 5.32. The lowest BCUT2D eigenvalue weighted by Crippen LogP contribution is -2.53. The summed E-state index contributed by atoms with van der Waals surface area (Å²) in [6.45, 7) is 9.39. The fourth-order valence-electron chi connectivity index (χ4n) is 3.85. The number of hydrogen-bond acceptors (Lipinski definition) is 5. The second-order valence-corrected chi connectivity index (χ2v) is 7.73. The average Bonchev–Trinajstić information content (AvgIpc) is 2.98. The van der Waals surface area contributed by atoms with Gasteiger partial charge in [-0.15, -0.1) is 0 Å². The molecule has 1 aromatic heterocycles. The number of likely N-dealkylation sites (N-methyl/N-ethyl adjacent to an activating group) is 1. The summed E-state index contributed by atoms with van der Waals surface area (Å²) in [6, 6.07) is 0. The molecule has 0 aliphatic carbocycles. The highest BCUT2D eigenvalue weighted by Crippen LogP contribution is 2.32. The fraction of sp³-hybridized carbons (Fsp3) is 0.737. The van der Waals surface area contributed by atoms with Gasteiger partial charge in [0.1, 0.15) is 12.2 Å². The molecule has 2 aliphatic rings. The number of rotatable bonds is 5. The van der Waals surface area contributed by atoms with Gasteiger partial charge in [-0.1, -0.05) is 0 Å². The van der Waals surface area contributed by atoms with Crippen LogP contribution in [0.1, 0.15) is 48.6 Å². The highest BCUT2D eigenvalue weighted by molar-refractivity contribution is 5.97. The minimum Gasteiger partial charge on any atom is -0.369 e. The fourth-order valence-corrected chi connectivity index (χ4v) is 3.85. The third-order valence-corrected chi connectivity index (χ3v) is 5.32. The number of aromatic nitrogens is 2. The number of aryl methyl sites for hydroxylation is 1. The number of piperazine rings is 1. The van der Waals surface area contributed by atoms with E-state index in [0.29, 0.717) is 38.3 Å². The van der Waals surface area contributed by atoms with Crippen LogP contribution in [-0.4, -0.2) is 89.2 Å². The van der Waals surface area contributed by atoms with Crippen molar-refractivity contribution in [2.24, 2.45) is 0 Å². The molecule has 1 fully saturated rings. The predicted molar refractivity (Wildman–Crippen MR) is 102 cm³/mol. The summed E-state index contributed by atoms with van der Waals surface area (Å²) in [6.07, 6.45) is 0.614. The van der Waals surface area contributed by atoms with Gasteiger partial charge >= 0.3 is 0 Å². The minimum absolute atomic E-state index is 0.0120. The maximum absolute atomic E-state index is 13.3. The lowest BCUT2D eigenvalue weighted by molar-refractivity contribution is -0.135. The standard InChI is InChI=1S/C19H31N5O3/c1-6-24-18(15-11-13(2)27-14(3)17(15)20-24)19(26)23-10-9-22(16(25)12-23)8-7-21(4)5/h13-14H,6-12H2,1-5H3/t13-,14+/m0/s1. The van der Waals surface area contributed by atoms with Crippen molar-refractivity contribution >= 4 is 11.8 Å². The number of ether oxygens (including phenoxy) is 1. The molecule has 1 aromatic rings. The zero-order valence-corrected chi connectivity index (χ0v) is 17.1. The summed E-state index contributed by atoms with van der Waals surface area (Å²) < 4.78 is 7.63. The SMILES string of the molecule is CCn1nc2c(c1C(=O)N1CCN(CCN(C)C)C(=O)C1)C[C@H](C)O[C@@H]2C. The average molecular weight is 377 g/mol. The smallest absolute Gasteiger partial charge is 0.272 e. The topological polar surface area (TPSA) is 70.9 Å². The lowest BCUT2D eigenvalue weighted by atomic mass is 9.99. The Morgan fingerprint density at radius 1 is 1.30 bits per heavy atom. The summed E-state index contributed by atoms with van der Waals surface area (Å²) in [5, 5.41) is 4.63. The molecule has 0 aromatic carbocycles. The molecule has 0 bridgehead atoms. The van der Waals surface area contributed by atoms with Crippen molar-refractivity contribution in [1.29, 1.82) is 0 Å². The number of carbonyl (C=O) groups is 2. The Kier molecular flexibility index (Phi) is 5.86. The van der Waals surface area contributed by atoms with Crippen LogP contribution < -0.4 is 0 Å². The highest BCUT2D eigenvalue weighted by atomic mass is 16.5. The molecule has 2 atom stereocenters. The molecular weight excluding hydrogens is 346 g/mol. The number of nitrogens with zero attached hydrogens (tertiary/aromatic N) is 5. The van der Waals surface area contributed by atoms with Gasteiger partial charge in [-0.05, 0) is 34.9 Å². The van der Waals surface area contributed by atoms with Crippen molar-refractivity contribution in [3.05, 3.63) is 17.0 Å². The van der Waals surface area contributed by atoms with E-state index >= 15 is 0 Å². The quantitative estimate of drug-likeness (QED) is 0.758. The van der Waals surface area contributed by atoms with Gasteiger partial charge in [0.25, 0.3) is 5.91 Å². The molecule has 27 heavy (non-hydrogen) atoms.